The highest BCUT2D eigenvalue weighted by atomic mass is 127. The molecule has 2 N–H and O–H groups in total. The van der Waals surface area contributed by atoms with Crippen molar-refractivity contribution in [3.05, 3.63) is 35.4 Å². The van der Waals surface area contributed by atoms with Gasteiger partial charge in [-0.15, -0.1) is 24.0 Å². The van der Waals surface area contributed by atoms with Crippen molar-refractivity contribution in [1.29, 1.82) is 0 Å². The molecule has 0 bridgehead atoms. The standard InChI is InChI=1S/C14H19F2N3.HI/c1-17-14(19-9-10-5-6-10)18-8-7-11-12(15)3-2-4-13(11)16;/h2-4,10H,5-9H2,1H3,(H2,17,18,19);1H. The fraction of sp³-hybridized carbons (Fsp3) is 0.500. The molecule has 6 heteroatoms. The minimum absolute atomic E-state index is 0. The Labute approximate surface area is 135 Å². The summed E-state index contributed by atoms with van der Waals surface area (Å²) >= 11 is 0. The molecule has 0 heterocycles. The molecule has 0 atom stereocenters. The van der Waals surface area contributed by atoms with Gasteiger partial charge in [-0.1, -0.05) is 6.07 Å². The summed E-state index contributed by atoms with van der Waals surface area (Å²) in [5, 5.41) is 6.26. The van der Waals surface area contributed by atoms with E-state index in [0.717, 1.165) is 12.5 Å². The lowest BCUT2D eigenvalue weighted by Crippen LogP contribution is -2.39. The van der Waals surface area contributed by atoms with Crippen molar-refractivity contribution in [2.75, 3.05) is 20.1 Å². The molecule has 20 heavy (non-hydrogen) atoms. The second-order valence-electron chi connectivity index (χ2n) is 4.77. The van der Waals surface area contributed by atoms with Crippen LogP contribution in [-0.2, 0) is 6.42 Å². The summed E-state index contributed by atoms with van der Waals surface area (Å²) in [5.74, 6) is 0.441. The van der Waals surface area contributed by atoms with Crippen molar-refractivity contribution in [3.63, 3.8) is 0 Å². The first kappa shape index (κ1) is 17.1. The van der Waals surface area contributed by atoms with Crippen LogP contribution in [-0.4, -0.2) is 26.1 Å². The quantitative estimate of drug-likeness (QED) is 0.457. The Morgan fingerprint density at radius 2 is 1.90 bits per heavy atom. The fourth-order valence-electron chi connectivity index (χ4n) is 1.86. The zero-order chi connectivity index (χ0) is 13.7. The fourth-order valence-corrected chi connectivity index (χ4v) is 1.86. The topological polar surface area (TPSA) is 36.4 Å². The van der Waals surface area contributed by atoms with E-state index in [2.05, 4.69) is 15.6 Å². The first-order chi connectivity index (χ1) is 9.20. The summed E-state index contributed by atoms with van der Waals surface area (Å²) in [5.41, 5.74) is 0.118. The van der Waals surface area contributed by atoms with Gasteiger partial charge in [0.05, 0.1) is 0 Å². The molecular weight excluding hydrogens is 375 g/mol. The molecule has 0 aromatic heterocycles. The van der Waals surface area contributed by atoms with E-state index >= 15 is 0 Å². The molecule has 1 aliphatic carbocycles. The second kappa shape index (κ2) is 8.39. The average molecular weight is 395 g/mol. The first-order valence-corrected chi connectivity index (χ1v) is 6.58. The number of hydrogen-bond acceptors (Lipinski definition) is 1. The Balaban J connectivity index is 0.00000200. The number of nitrogens with zero attached hydrogens (tertiary/aromatic N) is 1. The Bertz CT molecular complexity index is 441. The molecule has 0 amide bonds. The van der Waals surface area contributed by atoms with Gasteiger partial charge in [0.2, 0.25) is 0 Å². The van der Waals surface area contributed by atoms with Crippen LogP contribution in [0.4, 0.5) is 8.78 Å². The molecule has 2 rings (SSSR count). The number of rotatable bonds is 5. The van der Waals surface area contributed by atoms with E-state index < -0.39 is 11.6 Å². The Morgan fingerprint density at radius 3 is 2.45 bits per heavy atom. The highest BCUT2D eigenvalue weighted by molar-refractivity contribution is 14.0. The van der Waals surface area contributed by atoms with Crippen LogP contribution in [0.25, 0.3) is 0 Å². The van der Waals surface area contributed by atoms with Gasteiger partial charge < -0.3 is 10.6 Å². The Kier molecular flexibility index (Phi) is 7.18. The Morgan fingerprint density at radius 1 is 1.25 bits per heavy atom. The van der Waals surface area contributed by atoms with Crippen LogP contribution >= 0.6 is 24.0 Å². The van der Waals surface area contributed by atoms with Crippen molar-refractivity contribution in [3.8, 4) is 0 Å². The van der Waals surface area contributed by atoms with Gasteiger partial charge in [-0.3, -0.25) is 4.99 Å². The average Bonchev–Trinajstić information content (AvgIpc) is 3.20. The number of aliphatic imine (C=N–C) groups is 1. The highest BCUT2D eigenvalue weighted by Crippen LogP contribution is 2.27. The van der Waals surface area contributed by atoms with Gasteiger partial charge >= 0.3 is 0 Å². The van der Waals surface area contributed by atoms with E-state index in [1.165, 1.54) is 31.0 Å². The summed E-state index contributed by atoms with van der Waals surface area (Å²) in [6.45, 7) is 1.36. The van der Waals surface area contributed by atoms with Gasteiger partial charge in [0.1, 0.15) is 11.6 Å². The molecule has 1 aromatic carbocycles. The third kappa shape index (κ3) is 5.22. The van der Waals surface area contributed by atoms with Crippen LogP contribution in [0.1, 0.15) is 18.4 Å². The zero-order valence-electron chi connectivity index (χ0n) is 11.5. The van der Waals surface area contributed by atoms with Crippen molar-refractivity contribution in [2.24, 2.45) is 10.9 Å². The molecule has 0 aliphatic heterocycles. The van der Waals surface area contributed by atoms with E-state index in [1.807, 2.05) is 0 Å². The van der Waals surface area contributed by atoms with Crippen LogP contribution < -0.4 is 10.6 Å². The molecule has 0 radical (unpaired) electrons. The first-order valence-electron chi connectivity index (χ1n) is 6.58. The minimum atomic E-state index is -0.497. The number of nitrogens with one attached hydrogen (secondary N) is 2. The van der Waals surface area contributed by atoms with E-state index in [0.29, 0.717) is 18.9 Å². The van der Waals surface area contributed by atoms with Crippen molar-refractivity contribution < 1.29 is 8.78 Å². The van der Waals surface area contributed by atoms with E-state index in [4.69, 9.17) is 0 Å². The molecule has 1 saturated carbocycles. The lowest BCUT2D eigenvalue weighted by Gasteiger charge is -2.12. The van der Waals surface area contributed by atoms with E-state index in [9.17, 15) is 8.78 Å². The molecule has 3 nitrogen and oxygen atoms in total. The second-order valence-corrected chi connectivity index (χ2v) is 4.77. The van der Waals surface area contributed by atoms with Crippen LogP contribution in [0, 0.1) is 17.6 Å². The lowest BCUT2D eigenvalue weighted by molar-refractivity contribution is 0.553. The van der Waals surface area contributed by atoms with E-state index in [-0.39, 0.29) is 29.5 Å². The summed E-state index contributed by atoms with van der Waals surface area (Å²) in [6.07, 6.45) is 2.83. The molecule has 0 saturated heterocycles. The molecule has 112 valence electrons. The monoisotopic (exact) mass is 395 g/mol. The van der Waals surface area contributed by atoms with Crippen LogP contribution in [0.5, 0.6) is 0 Å². The maximum absolute atomic E-state index is 13.4. The predicted octanol–water partition coefficient (Wildman–Crippen LogP) is 2.70. The zero-order valence-corrected chi connectivity index (χ0v) is 13.8. The van der Waals surface area contributed by atoms with Crippen LogP contribution in [0.2, 0.25) is 0 Å². The van der Waals surface area contributed by atoms with Gasteiger partial charge in [-0.2, -0.15) is 0 Å². The molecule has 0 spiro atoms. The Hall–Kier alpha value is -0.920. The number of halogens is 3. The van der Waals surface area contributed by atoms with Gasteiger partial charge in [0.15, 0.2) is 5.96 Å². The SMILES string of the molecule is CN=C(NCCc1c(F)cccc1F)NCC1CC1.I. The summed E-state index contributed by atoms with van der Waals surface area (Å²) in [4.78, 5) is 4.07. The van der Waals surface area contributed by atoms with Gasteiger partial charge in [0.25, 0.3) is 0 Å². The maximum atomic E-state index is 13.4. The maximum Gasteiger partial charge on any atom is 0.190 e. The predicted molar refractivity (Wildman–Crippen MR) is 87.6 cm³/mol. The minimum Gasteiger partial charge on any atom is -0.356 e. The summed E-state index contributed by atoms with van der Waals surface area (Å²) in [6, 6.07) is 3.93. The van der Waals surface area contributed by atoms with Crippen LogP contribution in [0.15, 0.2) is 23.2 Å². The summed E-state index contributed by atoms with van der Waals surface area (Å²) in [7, 11) is 1.69. The third-order valence-electron chi connectivity index (χ3n) is 3.21. The molecule has 0 unspecified atom stereocenters. The normalized spacial score (nSPS) is 14.7. The molecule has 1 aliphatic rings. The van der Waals surface area contributed by atoms with Crippen LogP contribution in [0.3, 0.4) is 0 Å². The summed E-state index contributed by atoms with van der Waals surface area (Å²) < 4.78 is 26.8. The van der Waals surface area contributed by atoms with Crippen molar-refractivity contribution >= 4 is 29.9 Å². The van der Waals surface area contributed by atoms with Gasteiger partial charge in [-0.25, -0.2) is 8.78 Å². The van der Waals surface area contributed by atoms with Crippen molar-refractivity contribution in [1.82, 2.24) is 10.6 Å². The smallest absolute Gasteiger partial charge is 0.190 e. The molecular formula is C14H20F2IN3. The van der Waals surface area contributed by atoms with Crippen molar-refractivity contribution in [2.45, 2.75) is 19.3 Å². The highest BCUT2D eigenvalue weighted by Gasteiger charge is 2.21. The van der Waals surface area contributed by atoms with E-state index in [1.54, 1.807) is 7.05 Å². The van der Waals surface area contributed by atoms with Gasteiger partial charge in [-0.05, 0) is 37.3 Å². The lowest BCUT2D eigenvalue weighted by atomic mass is 10.1. The van der Waals surface area contributed by atoms with Gasteiger partial charge in [0, 0.05) is 25.7 Å². The number of guanidine groups is 1. The number of hydrogen-bond donors (Lipinski definition) is 2. The molecule has 1 aromatic rings. The number of benzene rings is 1. The molecule has 1 fully saturated rings. The third-order valence-corrected chi connectivity index (χ3v) is 3.21. The largest absolute Gasteiger partial charge is 0.356 e.